The van der Waals surface area contributed by atoms with Crippen LogP contribution in [0.3, 0.4) is 0 Å². The van der Waals surface area contributed by atoms with Gasteiger partial charge in [-0.1, -0.05) is 6.92 Å². The summed E-state index contributed by atoms with van der Waals surface area (Å²) in [6, 6.07) is 12.8. The molecule has 7 aliphatic heterocycles. The van der Waals surface area contributed by atoms with Crippen LogP contribution in [-0.2, 0) is 67.3 Å². The van der Waals surface area contributed by atoms with Crippen LogP contribution >= 0.6 is 0 Å². The number of aromatic hydroxyl groups is 1. The lowest BCUT2D eigenvalue weighted by Gasteiger charge is -2.33. The SMILES string of the molecule is CC(C)(C)OC(=O)CC[C@@H](C(N)=O)N1Cc2cc(O)ccc2C1=O.CC(C)(C)OC(=O)CC[C@@H](C(N)=O)N1Cc2cc(OC3CCN(C(=O)OC(C)(C)C)CC3)ccc2C1=O.CC1CCN(C(=O)OC(C)(C)C)CC1.O=C1CC[C@H](N2Cc3cc(OC4CCNCC4)ccc3C2=O)C(=O)N1. The highest BCUT2D eigenvalue weighted by molar-refractivity contribution is 6.06. The number of amides is 9. The highest BCUT2D eigenvalue weighted by Crippen LogP contribution is 2.34. The second kappa shape index (κ2) is 33.4. The maximum atomic E-state index is 13.0. The molecule has 0 bridgehead atoms. The molecule has 27 nitrogen and oxygen atoms in total. The first kappa shape index (κ1) is 78.3. The van der Waals surface area contributed by atoms with Crippen LogP contribution in [0.1, 0.15) is 215 Å². The van der Waals surface area contributed by atoms with Gasteiger partial charge in [0.2, 0.25) is 23.6 Å². The zero-order valence-corrected chi connectivity index (χ0v) is 60.3. The van der Waals surface area contributed by atoms with E-state index >= 15 is 0 Å². The monoisotopic (exact) mass is 1390 g/mol. The normalized spacial score (nSPS) is 18.8. The number of nitrogens with two attached hydrogens (primary N) is 2. The summed E-state index contributed by atoms with van der Waals surface area (Å²) in [5.74, 6) is -1.52. The molecule has 0 saturated carbocycles. The van der Waals surface area contributed by atoms with Crippen LogP contribution in [0.4, 0.5) is 9.59 Å². The first-order chi connectivity index (χ1) is 46.7. The van der Waals surface area contributed by atoms with Gasteiger partial charge in [-0.15, -0.1) is 0 Å². The summed E-state index contributed by atoms with van der Waals surface area (Å²) in [5.41, 5.74) is 12.6. The lowest BCUT2D eigenvalue weighted by atomic mass is 10.00. The molecule has 3 aromatic carbocycles. The number of primary amides is 2. The second-order valence-electron chi connectivity index (χ2n) is 30.3. The van der Waals surface area contributed by atoms with E-state index in [1.165, 1.54) is 28.0 Å². The summed E-state index contributed by atoms with van der Waals surface area (Å²) < 4.78 is 33.4. The average molecular weight is 1390 g/mol. The minimum absolute atomic E-state index is 0.0176. The number of esters is 2. The summed E-state index contributed by atoms with van der Waals surface area (Å²) in [5, 5.41) is 15.1. The van der Waals surface area contributed by atoms with E-state index in [-0.39, 0.29) is 110 Å². The van der Waals surface area contributed by atoms with Crippen LogP contribution in [0.25, 0.3) is 0 Å². The fraction of sp³-hybridized carbons (Fsp3) is 0.603. The summed E-state index contributed by atoms with van der Waals surface area (Å²) in [7, 11) is 0. The zero-order valence-electron chi connectivity index (χ0n) is 60.3. The minimum Gasteiger partial charge on any atom is -0.508 e. The van der Waals surface area contributed by atoms with Crippen molar-refractivity contribution >= 4 is 65.5 Å². The predicted octanol–water partition coefficient (Wildman–Crippen LogP) is 7.95. The molecule has 0 unspecified atom stereocenters. The van der Waals surface area contributed by atoms with Gasteiger partial charge in [-0.05, 0) is 218 Å². The highest BCUT2D eigenvalue weighted by atomic mass is 16.6. The zero-order chi connectivity index (χ0) is 73.8. The summed E-state index contributed by atoms with van der Waals surface area (Å²) in [6.07, 6.45) is 5.88. The molecular weight excluding hydrogens is 1290 g/mol. The van der Waals surface area contributed by atoms with E-state index in [0.717, 1.165) is 74.7 Å². The van der Waals surface area contributed by atoms with Crippen LogP contribution in [0, 0.1) is 5.92 Å². The standard InChI is InChI=1S/C27H39N3O7.C18H21N3O4.C17H22N2O5.C11H21NO2/c1-26(2,3)36-22(31)10-9-21(23(28)32)30-16-17-15-19(7-8-20(17)24(30)33)35-18-11-13-29(14-12-18)25(34)37-27(4,5)6;22-16-4-3-15(17(23)20-16)21-10-11-9-13(1-2-14(11)18(21)24)25-12-5-7-19-8-6-12;1-17(2,3)24-14(21)7-6-13(15(18)22)19-9-10-8-11(20)4-5-12(10)16(19)23;1-9-5-7-12(8-6-9)10(13)14-11(2,3)4/h7-8,15,18,21H,9-14,16H2,1-6H3,(H2,28,32);1-2,9,12,15,19H,3-8,10H2,(H,20,22,23);4-5,8,13,20H,6-7,9H2,1-3H3,(H2,18,22);9H,5-8H2,1-4H3/t21-;15-;13-;/m000./s1. The third-order valence-corrected chi connectivity index (χ3v) is 17.2. The Morgan fingerprint density at radius 1 is 0.520 bits per heavy atom. The lowest BCUT2D eigenvalue weighted by molar-refractivity contribution is -0.156. The van der Waals surface area contributed by atoms with Crippen molar-refractivity contribution in [3.05, 3.63) is 88.0 Å². The van der Waals surface area contributed by atoms with Crippen LogP contribution < -0.4 is 31.6 Å². The van der Waals surface area contributed by atoms with E-state index in [1.807, 2.05) is 58.6 Å². The van der Waals surface area contributed by atoms with Crippen molar-refractivity contribution in [2.24, 2.45) is 17.4 Å². The molecule has 0 spiro atoms. The van der Waals surface area contributed by atoms with Crippen molar-refractivity contribution < 1.29 is 86.3 Å². The van der Waals surface area contributed by atoms with Gasteiger partial charge in [0, 0.05) is 94.6 Å². The fourth-order valence-electron chi connectivity index (χ4n) is 12.3. The number of carbonyl (C=O) groups is 11. The maximum Gasteiger partial charge on any atom is 0.410 e. The molecule has 100 heavy (non-hydrogen) atoms. The Labute approximate surface area is 585 Å². The maximum absolute atomic E-state index is 13.0. The number of phenols is 1. The van der Waals surface area contributed by atoms with Crippen molar-refractivity contribution in [3.8, 4) is 17.2 Å². The topological polar surface area (TPSA) is 356 Å². The Balaban J connectivity index is 0.000000197. The number of ether oxygens (including phenoxy) is 6. The van der Waals surface area contributed by atoms with E-state index in [4.69, 9.17) is 39.9 Å². The molecule has 7 N–H and O–H groups in total. The van der Waals surface area contributed by atoms with Crippen LogP contribution in [0.2, 0.25) is 0 Å². The molecule has 27 heteroatoms. The third kappa shape index (κ3) is 23.0. The van der Waals surface area contributed by atoms with Gasteiger partial charge in [0.05, 0.1) is 0 Å². The van der Waals surface area contributed by atoms with Crippen molar-refractivity contribution in [1.29, 1.82) is 0 Å². The molecule has 548 valence electrons. The largest absolute Gasteiger partial charge is 0.508 e. The number of benzene rings is 3. The number of imide groups is 1. The average Bonchev–Trinajstić information content (AvgIpc) is 1.64. The molecule has 3 atom stereocenters. The molecule has 10 rings (SSSR count). The molecule has 0 aromatic heterocycles. The van der Waals surface area contributed by atoms with Gasteiger partial charge in [0.25, 0.3) is 17.7 Å². The number of fused-ring (bicyclic) bond motifs is 3. The van der Waals surface area contributed by atoms with Gasteiger partial charge in [-0.3, -0.25) is 48.5 Å². The van der Waals surface area contributed by atoms with Gasteiger partial charge in [-0.25, -0.2) is 9.59 Å². The number of phenolic OH excluding ortho intramolecular Hbond substituents is 1. The third-order valence-electron chi connectivity index (χ3n) is 17.2. The molecule has 9 amide bonds. The van der Waals surface area contributed by atoms with Gasteiger partial charge in [-0.2, -0.15) is 0 Å². The predicted molar refractivity (Wildman–Crippen MR) is 367 cm³/mol. The summed E-state index contributed by atoms with van der Waals surface area (Å²) >= 11 is 0. The van der Waals surface area contributed by atoms with Gasteiger partial charge in [0.15, 0.2) is 0 Å². The first-order valence-electron chi connectivity index (χ1n) is 34.6. The summed E-state index contributed by atoms with van der Waals surface area (Å²) in [4.78, 5) is 141. The van der Waals surface area contributed by atoms with Gasteiger partial charge < -0.3 is 74.8 Å². The van der Waals surface area contributed by atoms with E-state index < -0.39 is 58.7 Å². The number of hydrogen-bond donors (Lipinski definition) is 5. The highest BCUT2D eigenvalue weighted by Gasteiger charge is 2.41. The van der Waals surface area contributed by atoms with Crippen LogP contribution in [0.15, 0.2) is 54.6 Å². The van der Waals surface area contributed by atoms with E-state index in [9.17, 15) is 57.8 Å². The number of nitrogens with one attached hydrogen (secondary N) is 2. The Morgan fingerprint density at radius 2 is 0.920 bits per heavy atom. The molecule has 0 radical (unpaired) electrons. The first-order valence-corrected chi connectivity index (χ1v) is 34.6. The van der Waals surface area contributed by atoms with Crippen LogP contribution in [-0.4, -0.2) is 187 Å². The number of likely N-dealkylation sites (tertiary alicyclic amines) is 2. The smallest absolute Gasteiger partial charge is 0.410 e. The molecule has 3 aromatic rings. The Bertz CT molecular complexity index is 3490. The van der Waals surface area contributed by atoms with Gasteiger partial charge in [0.1, 0.15) is 70.0 Å². The van der Waals surface area contributed by atoms with E-state index in [0.29, 0.717) is 66.9 Å². The number of rotatable bonds is 15. The Kier molecular flexibility index (Phi) is 26.2. The number of nitrogens with zero attached hydrogens (tertiary/aromatic N) is 5. The van der Waals surface area contributed by atoms with E-state index in [1.54, 1.807) is 75.6 Å². The number of piperidine rings is 4. The van der Waals surface area contributed by atoms with E-state index in [2.05, 4.69) is 17.6 Å². The van der Waals surface area contributed by atoms with Gasteiger partial charge >= 0.3 is 24.1 Å². The molecule has 4 fully saturated rings. The number of carbonyl (C=O) groups excluding carboxylic acids is 11. The molecular formula is C73H103N9O18. The van der Waals surface area contributed by atoms with Crippen molar-refractivity contribution in [2.45, 2.75) is 239 Å². The number of hydrogen-bond acceptors (Lipinski definition) is 19. The fourth-order valence-corrected chi connectivity index (χ4v) is 12.3. The molecule has 7 heterocycles. The Morgan fingerprint density at radius 3 is 1.35 bits per heavy atom. The van der Waals surface area contributed by atoms with Crippen LogP contribution in [0.5, 0.6) is 17.2 Å². The molecule has 4 saturated heterocycles. The quantitative estimate of drug-likeness (QED) is 0.0547. The summed E-state index contributed by atoms with van der Waals surface area (Å²) in [6.45, 7) is 29.4. The minimum atomic E-state index is -0.922. The lowest BCUT2D eigenvalue weighted by Crippen LogP contribution is -2.52. The molecule has 7 aliphatic rings. The molecule has 0 aliphatic carbocycles. The second-order valence-corrected chi connectivity index (χ2v) is 30.3. The van der Waals surface area contributed by atoms with Crippen molar-refractivity contribution in [1.82, 2.24) is 35.1 Å². The van der Waals surface area contributed by atoms with Crippen molar-refractivity contribution in [3.63, 3.8) is 0 Å². The Hall–Kier alpha value is -9.01. The van der Waals surface area contributed by atoms with Crippen molar-refractivity contribution in [2.75, 3.05) is 39.3 Å².